The van der Waals surface area contributed by atoms with Crippen molar-refractivity contribution < 1.29 is 9.59 Å². The number of nitrogens with one attached hydrogen (secondary N) is 2. The fourth-order valence-corrected chi connectivity index (χ4v) is 2.95. The third kappa shape index (κ3) is 4.45. The van der Waals surface area contributed by atoms with E-state index in [0.717, 1.165) is 29.7 Å². The summed E-state index contributed by atoms with van der Waals surface area (Å²) < 4.78 is 0.701. The molecule has 126 valence electrons. The van der Waals surface area contributed by atoms with Gasteiger partial charge in [-0.3, -0.25) is 9.59 Å². The number of carbonyl (C=O) groups is 2. The van der Waals surface area contributed by atoms with E-state index in [1.807, 2.05) is 24.3 Å². The second kappa shape index (κ2) is 8.64. The number of hydrogen-bond acceptors (Lipinski definition) is 2. The van der Waals surface area contributed by atoms with Crippen molar-refractivity contribution in [3.63, 3.8) is 0 Å². The van der Waals surface area contributed by atoms with Gasteiger partial charge in [-0.1, -0.05) is 44.2 Å². The summed E-state index contributed by atoms with van der Waals surface area (Å²) >= 11 is 3.33. The van der Waals surface area contributed by atoms with Gasteiger partial charge in [0.05, 0.1) is 12.1 Å². The van der Waals surface area contributed by atoms with Crippen LogP contribution in [0.15, 0.2) is 46.9 Å². The lowest BCUT2D eigenvalue weighted by Gasteiger charge is -2.14. The van der Waals surface area contributed by atoms with E-state index in [4.69, 9.17) is 0 Å². The van der Waals surface area contributed by atoms with E-state index in [-0.39, 0.29) is 18.4 Å². The third-order valence-electron chi connectivity index (χ3n) is 3.79. The first-order valence-electron chi connectivity index (χ1n) is 8.00. The van der Waals surface area contributed by atoms with E-state index in [2.05, 4.69) is 40.4 Å². The molecule has 0 atom stereocenters. The van der Waals surface area contributed by atoms with Crippen LogP contribution in [0.4, 0.5) is 5.69 Å². The topological polar surface area (TPSA) is 58.2 Å². The molecular weight excluding hydrogens is 368 g/mol. The summed E-state index contributed by atoms with van der Waals surface area (Å²) in [6.07, 6.45) is 1.68. The lowest BCUT2D eigenvalue weighted by Crippen LogP contribution is -2.33. The number of hydrogen-bond donors (Lipinski definition) is 2. The molecule has 0 saturated heterocycles. The predicted molar refractivity (Wildman–Crippen MR) is 100 cm³/mol. The monoisotopic (exact) mass is 388 g/mol. The van der Waals surface area contributed by atoms with E-state index < -0.39 is 0 Å². The highest BCUT2D eigenvalue weighted by molar-refractivity contribution is 9.10. The van der Waals surface area contributed by atoms with Gasteiger partial charge in [0.1, 0.15) is 0 Å². The van der Waals surface area contributed by atoms with E-state index in [0.29, 0.717) is 10.0 Å². The number of halogens is 1. The maximum absolute atomic E-state index is 12.2. The molecule has 0 radical (unpaired) electrons. The highest BCUT2D eigenvalue weighted by Crippen LogP contribution is 2.22. The van der Waals surface area contributed by atoms with Gasteiger partial charge in [0.2, 0.25) is 5.91 Å². The fraction of sp³-hybridized carbons (Fsp3) is 0.263. The Labute approximate surface area is 150 Å². The van der Waals surface area contributed by atoms with Crippen LogP contribution >= 0.6 is 15.9 Å². The Balaban J connectivity index is 2.02. The molecule has 0 aromatic heterocycles. The van der Waals surface area contributed by atoms with E-state index in [9.17, 15) is 9.59 Å². The summed E-state index contributed by atoms with van der Waals surface area (Å²) in [5, 5.41) is 5.59. The minimum Gasteiger partial charge on any atom is -0.343 e. The molecule has 2 amide bonds. The largest absolute Gasteiger partial charge is 0.343 e. The van der Waals surface area contributed by atoms with Crippen LogP contribution in [0.1, 0.15) is 35.3 Å². The number of benzene rings is 2. The number of amides is 2. The first-order valence-corrected chi connectivity index (χ1v) is 8.79. The minimum absolute atomic E-state index is 0.0681. The van der Waals surface area contributed by atoms with Crippen molar-refractivity contribution in [1.82, 2.24) is 5.32 Å². The number of rotatable bonds is 6. The molecule has 0 bridgehead atoms. The van der Waals surface area contributed by atoms with Crippen LogP contribution in [0, 0.1) is 0 Å². The van der Waals surface area contributed by atoms with Crippen LogP contribution in [0.2, 0.25) is 0 Å². The Bertz CT molecular complexity index is 722. The van der Waals surface area contributed by atoms with Gasteiger partial charge in [0.15, 0.2) is 0 Å². The van der Waals surface area contributed by atoms with Crippen molar-refractivity contribution in [3.8, 4) is 0 Å². The van der Waals surface area contributed by atoms with Crippen molar-refractivity contribution in [1.29, 1.82) is 0 Å². The normalized spacial score (nSPS) is 10.3. The first kappa shape index (κ1) is 18.2. The lowest BCUT2D eigenvalue weighted by atomic mass is 10.0. The Morgan fingerprint density at radius 1 is 0.958 bits per heavy atom. The van der Waals surface area contributed by atoms with Crippen molar-refractivity contribution >= 4 is 33.4 Å². The third-order valence-corrected chi connectivity index (χ3v) is 4.48. The number of aryl methyl sites for hydroxylation is 2. The minimum atomic E-state index is -0.280. The van der Waals surface area contributed by atoms with Gasteiger partial charge in [0.25, 0.3) is 5.91 Å². The standard InChI is InChI=1S/C19H21BrN2O2/c1-3-13-8-7-9-14(4-2)18(13)22-17(23)12-21-19(24)15-10-5-6-11-16(15)20/h5-11H,3-4,12H2,1-2H3,(H,21,24)(H,22,23). The molecule has 5 heteroatoms. The van der Waals surface area contributed by atoms with E-state index >= 15 is 0 Å². The van der Waals surface area contributed by atoms with Crippen LogP contribution in [-0.4, -0.2) is 18.4 Å². The summed E-state index contributed by atoms with van der Waals surface area (Å²) in [5.41, 5.74) is 3.57. The molecule has 0 saturated carbocycles. The van der Waals surface area contributed by atoms with Crippen LogP contribution in [0.25, 0.3) is 0 Å². The fourth-order valence-electron chi connectivity index (χ4n) is 2.49. The smallest absolute Gasteiger partial charge is 0.252 e. The van der Waals surface area contributed by atoms with Crippen molar-refractivity contribution in [2.75, 3.05) is 11.9 Å². The molecule has 2 N–H and O–H groups in total. The molecule has 0 heterocycles. The van der Waals surface area contributed by atoms with E-state index in [1.54, 1.807) is 18.2 Å². The van der Waals surface area contributed by atoms with Crippen molar-refractivity contribution in [2.45, 2.75) is 26.7 Å². The maximum atomic E-state index is 12.2. The molecular formula is C19H21BrN2O2. The highest BCUT2D eigenvalue weighted by atomic mass is 79.9. The van der Waals surface area contributed by atoms with E-state index in [1.165, 1.54) is 0 Å². The van der Waals surface area contributed by atoms with Crippen LogP contribution in [-0.2, 0) is 17.6 Å². The van der Waals surface area contributed by atoms with Gasteiger partial charge in [-0.05, 0) is 52.0 Å². The summed E-state index contributed by atoms with van der Waals surface area (Å²) in [5.74, 6) is -0.511. The van der Waals surface area contributed by atoms with Crippen LogP contribution in [0.5, 0.6) is 0 Å². The molecule has 0 aliphatic rings. The average molecular weight is 389 g/mol. The summed E-state index contributed by atoms with van der Waals surface area (Å²) in [7, 11) is 0. The number of carbonyl (C=O) groups excluding carboxylic acids is 2. The van der Waals surface area contributed by atoms with Crippen molar-refractivity contribution in [3.05, 3.63) is 63.6 Å². The molecule has 0 unspecified atom stereocenters. The summed E-state index contributed by atoms with van der Waals surface area (Å²) in [6.45, 7) is 4.04. The molecule has 0 spiro atoms. The molecule has 24 heavy (non-hydrogen) atoms. The van der Waals surface area contributed by atoms with Gasteiger partial charge in [-0.15, -0.1) is 0 Å². The number of anilines is 1. The first-order chi connectivity index (χ1) is 11.6. The average Bonchev–Trinajstić information content (AvgIpc) is 2.60. The molecule has 0 aliphatic carbocycles. The second-order valence-corrected chi connectivity index (χ2v) is 6.22. The Morgan fingerprint density at radius 3 is 2.17 bits per heavy atom. The highest BCUT2D eigenvalue weighted by Gasteiger charge is 2.13. The number of para-hydroxylation sites is 1. The lowest BCUT2D eigenvalue weighted by molar-refractivity contribution is -0.115. The van der Waals surface area contributed by atoms with Crippen LogP contribution < -0.4 is 10.6 Å². The zero-order valence-corrected chi connectivity index (χ0v) is 15.4. The Kier molecular flexibility index (Phi) is 6.55. The van der Waals surface area contributed by atoms with Gasteiger partial charge in [0, 0.05) is 10.2 Å². The Morgan fingerprint density at radius 2 is 1.58 bits per heavy atom. The van der Waals surface area contributed by atoms with Gasteiger partial charge in [-0.2, -0.15) is 0 Å². The van der Waals surface area contributed by atoms with Gasteiger partial charge in [-0.25, -0.2) is 0 Å². The summed E-state index contributed by atoms with van der Waals surface area (Å²) in [6, 6.07) is 13.1. The van der Waals surface area contributed by atoms with Crippen molar-refractivity contribution in [2.24, 2.45) is 0 Å². The molecule has 2 aromatic rings. The van der Waals surface area contributed by atoms with Crippen LogP contribution in [0.3, 0.4) is 0 Å². The quantitative estimate of drug-likeness (QED) is 0.786. The summed E-state index contributed by atoms with van der Waals surface area (Å²) in [4.78, 5) is 24.4. The van der Waals surface area contributed by atoms with Gasteiger partial charge < -0.3 is 10.6 Å². The van der Waals surface area contributed by atoms with Gasteiger partial charge >= 0.3 is 0 Å². The molecule has 2 aromatic carbocycles. The predicted octanol–water partition coefficient (Wildman–Crippen LogP) is 3.94. The second-order valence-electron chi connectivity index (χ2n) is 5.37. The molecule has 4 nitrogen and oxygen atoms in total. The zero-order chi connectivity index (χ0) is 17.5. The molecule has 0 fully saturated rings. The molecule has 2 rings (SSSR count). The Hall–Kier alpha value is -2.14. The maximum Gasteiger partial charge on any atom is 0.252 e. The zero-order valence-electron chi connectivity index (χ0n) is 13.9. The SMILES string of the molecule is CCc1cccc(CC)c1NC(=O)CNC(=O)c1ccccc1Br. The molecule has 0 aliphatic heterocycles.